The lowest BCUT2D eigenvalue weighted by Gasteiger charge is -2.20. The van der Waals surface area contributed by atoms with Gasteiger partial charge < -0.3 is 14.6 Å². The zero-order valence-electron chi connectivity index (χ0n) is 13.3. The molecule has 0 atom stereocenters. The van der Waals surface area contributed by atoms with Crippen LogP contribution < -0.4 is 5.32 Å². The Kier molecular flexibility index (Phi) is 5.74. The second-order valence-electron chi connectivity index (χ2n) is 4.88. The van der Waals surface area contributed by atoms with Gasteiger partial charge in [-0.3, -0.25) is 9.59 Å². The van der Waals surface area contributed by atoms with Gasteiger partial charge in [0.2, 0.25) is 0 Å². The fourth-order valence-corrected chi connectivity index (χ4v) is 2.14. The van der Waals surface area contributed by atoms with Gasteiger partial charge in [0.25, 0.3) is 11.8 Å². The first-order valence-corrected chi connectivity index (χ1v) is 7.56. The van der Waals surface area contributed by atoms with E-state index in [-0.39, 0.29) is 17.4 Å². The molecule has 2 aromatic rings. The maximum absolute atomic E-state index is 12.6. The number of likely N-dealkylation sites (N-methyl/N-ethyl adjacent to an activating group) is 1. The van der Waals surface area contributed by atoms with Crippen LogP contribution in [0.15, 0.2) is 58.8 Å². The van der Waals surface area contributed by atoms with Crippen molar-refractivity contribution in [1.82, 2.24) is 10.2 Å². The number of nitrogens with zero attached hydrogens (tertiary/aromatic N) is 1. The fraction of sp³-hybridized carbons (Fsp3) is 0.222. The summed E-state index contributed by atoms with van der Waals surface area (Å²) in [6.45, 7) is 4.93. The van der Waals surface area contributed by atoms with Crippen LogP contribution in [0.4, 0.5) is 0 Å². The first-order chi connectivity index (χ1) is 11.2. The SMILES string of the molecule is CCN(CC)C(=O)C(=Cc1ccccc1)NC(=O)c1ccco1. The molecule has 1 N–H and O–H groups in total. The molecule has 0 radical (unpaired) electrons. The lowest BCUT2D eigenvalue weighted by molar-refractivity contribution is -0.127. The van der Waals surface area contributed by atoms with Gasteiger partial charge in [-0.2, -0.15) is 0 Å². The molecule has 0 spiro atoms. The minimum atomic E-state index is -0.447. The normalized spacial score (nSPS) is 11.1. The van der Waals surface area contributed by atoms with E-state index in [1.165, 1.54) is 6.26 Å². The van der Waals surface area contributed by atoms with Gasteiger partial charge in [-0.1, -0.05) is 30.3 Å². The van der Waals surface area contributed by atoms with Gasteiger partial charge in [-0.25, -0.2) is 0 Å². The molecule has 2 rings (SSSR count). The third kappa shape index (κ3) is 4.32. The maximum atomic E-state index is 12.6. The molecule has 0 aliphatic heterocycles. The largest absolute Gasteiger partial charge is 0.459 e. The lowest BCUT2D eigenvalue weighted by atomic mass is 10.1. The minimum absolute atomic E-state index is 0.163. The monoisotopic (exact) mass is 312 g/mol. The first-order valence-electron chi connectivity index (χ1n) is 7.56. The molecule has 1 aromatic heterocycles. The van der Waals surface area contributed by atoms with Crippen molar-refractivity contribution in [3.05, 3.63) is 65.7 Å². The van der Waals surface area contributed by atoms with Gasteiger partial charge in [-0.05, 0) is 37.6 Å². The molecule has 0 saturated heterocycles. The molecule has 0 unspecified atom stereocenters. The topological polar surface area (TPSA) is 62.6 Å². The molecule has 0 bridgehead atoms. The second-order valence-corrected chi connectivity index (χ2v) is 4.88. The molecule has 1 heterocycles. The number of hydrogen-bond acceptors (Lipinski definition) is 3. The lowest BCUT2D eigenvalue weighted by Crippen LogP contribution is -2.38. The van der Waals surface area contributed by atoms with Crippen LogP contribution in [0.2, 0.25) is 0 Å². The van der Waals surface area contributed by atoms with E-state index in [9.17, 15) is 9.59 Å². The molecule has 23 heavy (non-hydrogen) atoms. The molecule has 0 aliphatic carbocycles. The number of nitrogens with one attached hydrogen (secondary N) is 1. The summed E-state index contributed by atoms with van der Waals surface area (Å²) in [5.41, 5.74) is 1.06. The van der Waals surface area contributed by atoms with Crippen LogP contribution in [0, 0.1) is 0 Å². The van der Waals surface area contributed by atoms with Crippen LogP contribution in [0.5, 0.6) is 0 Å². The second kappa shape index (κ2) is 7.98. The van der Waals surface area contributed by atoms with Crippen molar-refractivity contribution < 1.29 is 14.0 Å². The Balaban J connectivity index is 2.29. The molecular weight excluding hydrogens is 292 g/mol. The Hall–Kier alpha value is -2.82. The molecule has 0 fully saturated rings. The Morgan fingerprint density at radius 3 is 2.35 bits per heavy atom. The highest BCUT2D eigenvalue weighted by atomic mass is 16.3. The molecular formula is C18H20N2O3. The quantitative estimate of drug-likeness (QED) is 0.834. The average molecular weight is 312 g/mol. The van der Waals surface area contributed by atoms with Crippen molar-refractivity contribution in [2.75, 3.05) is 13.1 Å². The summed E-state index contributed by atoms with van der Waals surface area (Å²) in [6.07, 6.45) is 3.09. The van der Waals surface area contributed by atoms with Crippen molar-refractivity contribution in [1.29, 1.82) is 0 Å². The van der Waals surface area contributed by atoms with Gasteiger partial charge in [0.15, 0.2) is 5.76 Å². The first kappa shape index (κ1) is 16.5. The van der Waals surface area contributed by atoms with Crippen LogP contribution in [0.1, 0.15) is 30.0 Å². The van der Waals surface area contributed by atoms with Gasteiger partial charge in [0.05, 0.1) is 6.26 Å². The molecule has 5 heteroatoms. The molecule has 0 saturated carbocycles. The average Bonchev–Trinajstić information content (AvgIpc) is 3.11. The molecule has 2 amide bonds. The Morgan fingerprint density at radius 1 is 1.09 bits per heavy atom. The Labute approximate surface area is 135 Å². The van der Waals surface area contributed by atoms with E-state index in [0.29, 0.717) is 13.1 Å². The Bertz CT molecular complexity index is 672. The van der Waals surface area contributed by atoms with Crippen molar-refractivity contribution in [3.63, 3.8) is 0 Å². The van der Waals surface area contributed by atoms with Crippen molar-refractivity contribution in [3.8, 4) is 0 Å². The number of amides is 2. The summed E-state index contributed by atoms with van der Waals surface area (Å²) < 4.78 is 5.08. The standard InChI is InChI=1S/C18H20N2O3/c1-3-20(4-2)18(22)15(13-14-9-6-5-7-10-14)19-17(21)16-11-8-12-23-16/h5-13H,3-4H2,1-2H3,(H,19,21). The van der Waals surface area contributed by atoms with E-state index in [0.717, 1.165) is 5.56 Å². The van der Waals surface area contributed by atoms with Gasteiger partial charge in [0.1, 0.15) is 5.70 Å². The Morgan fingerprint density at radius 2 is 1.78 bits per heavy atom. The summed E-state index contributed by atoms with van der Waals surface area (Å²) in [6, 6.07) is 12.6. The highest BCUT2D eigenvalue weighted by molar-refractivity contribution is 6.04. The maximum Gasteiger partial charge on any atom is 0.291 e. The third-order valence-electron chi connectivity index (χ3n) is 3.38. The summed E-state index contributed by atoms with van der Waals surface area (Å²) in [5, 5.41) is 2.65. The van der Waals surface area contributed by atoms with Gasteiger partial charge in [-0.15, -0.1) is 0 Å². The zero-order valence-corrected chi connectivity index (χ0v) is 13.3. The van der Waals surface area contributed by atoms with E-state index in [2.05, 4.69) is 5.32 Å². The van der Waals surface area contributed by atoms with Crippen LogP contribution in [0.25, 0.3) is 6.08 Å². The van der Waals surface area contributed by atoms with E-state index in [1.807, 2.05) is 44.2 Å². The predicted molar refractivity (Wildman–Crippen MR) is 88.5 cm³/mol. The van der Waals surface area contributed by atoms with E-state index < -0.39 is 5.91 Å². The summed E-state index contributed by atoms with van der Waals surface area (Å²) in [7, 11) is 0. The minimum Gasteiger partial charge on any atom is -0.459 e. The van der Waals surface area contributed by atoms with Crippen molar-refractivity contribution >= 4 is 17.9 Å². The zero-order chi connectivity index (χ0) is 16.7. The van der Waals surface area contributed by atoms with Gasteiger partial charge in [0, 0.05) is 13.1 Å². The number of carbonyl (C=O) groups excluding carboxylic acids is 2. The molecule has 5 nitrogen and oxygen atoms in total. The number of rotatable bonds is 6. The number of benzene rings is 1. The highest BCUT2D eigenvalue weighted by Crippen LogP contribution is 2.09. The van der Waals surface area contributed by atoms with Gasteiger partial charge >= 0.3 is 0 Å². The van der Waals surface area contributed by atoms with E-state index in [4.69, 9.17) is 4.42 Å². The number of hydrogen-bond donors (Lipinski definition) is 1. The van der Waals surface area contributed by atoms with Crippen LogP contribution in [-0.4, -0.2) is 29.8 Å². The van der Waals surface area contributed by atoms with Crippen LogP contribution in [0.3, 0.4) is 0 Å². The van der Waals surface area contributed by atoms with Crippen LogP contribution >= 0.6 is 0 Å². The summed E-state index contributed by atoms with van der Waals surface area (Å²) in [4.78, 5) is 26.5. The van der Waals surface area contributed by atoms with E-state index in [1.54, 1.807) is 23.1 Å². The van der Waals surface area contributed by atoms with Crippen LogP contribution in [-0.2, 0) is 4.79 Å². The highest BCUT2D eigenvalue weighted by Gasteiger charge is 2.19. The molecule has 1 aromatic carbocycles. The smallest absolute Gasteiger partial charge is 0.291 e. The molecule has 120 valence electrons. The third-order valence-corrected chi connectivity index (χ3v) is 3.38. The summed E-state index contributed by atoms with van der Waals surface area (Å²) >= 11 is 0. The predicted octanol–water partition coefficient (Wildman–Crippen LogP) is 2.92. The van der Waals surface area contributed by atoms with Crippen molar-refractivity contribution in [2.45, 2.75) is 13.8 Å². The fourth-order valence-electron chi connectivity index (χ4n) is 2.14. The number of furan rings is 1. The van der Waals surface area contributed by atoms with Crippen molar-refractivity contribution in [2.24, 2.45) is 0 Å². The number of carbonyl (C=O) groups is 2. The molecule has 0 aliphatic rings. The van der Waals surface area contributed by atoms with E-state index >= 15 is 0 Å². The summed E-state index contributed by atoms with van der Waals surface area (Å²) in [5.74, 6) is -0.507.